The molecule has 1 fully saturated rings. The van der Waals surface area contributed by atoms with Gasteiger partial charge >= 0.3 is 0 Å². The highest BCUT2D eigenvalue weighted by molar-refractivity contribution is 14.1. The average molecular weight is 358 g/mol. The van der Waals surface area contributed by atoms with Crippen molar-refractivity contribution in [1.82, 2.24) is 4.90 Å². The quantitative estimate of drug-likeness (QED) is 0.770. The van der Waals surface area contributed by atoms with E-state index in [2.05, 4.69) is 0 Å². The van der Waals surface area contributed by atoms with Crippen LogP contribution in [-0.2, 0) is 4.74 Å². The van der Waals surface area contributed by atoms with Gasteiger partial charge < -0.3 is 14.7 Å². The van der Waals surface area contributed by atoms with E-state index in [1.54, 1.807) is 17.0 Å². The van der Waals surface area contributed by atoms with Crippen LogP contribution in [-0.4, -0.2) is 41.7 Å². The van der Waals surface area contributed by atoms with E-state index in [1.165, 1.54) is 6.07 Å². The first kappa shape index (κ1) is 13.1. The molecule has 1 unspecified atom stereocenters. The maximum absolute atomic E-state index is 12.2. The van der Waals surface area contributed by atoms with Gasteiger partial charge in [-0.3, -0.25) is 4.79 Å². The Hall–Kier alpha value is -1.33. The first-order chi connectivity index (χ1) is 8.61. The number of morpholine rings is 1. The Morgan fingerprint density at radius 2 is 2.39 bits per heavy atom. The summed E-state index contributed by atoms with van der Waals surface area (Å²) in [6.07, 6.45) is -0.569. The Labute approximate surface area is 118 Å². The fraction of sp³-hybridized carbons (Fsp3) is 0.333. The molecule has 5 nitrogen and oxygen atoms in total. The van der Waals surface area contributed by atoms with Crippen LogP contribution in [0.1, 0.15) is 10.4 Å². The van der Waals surface area contributed by atoms with E-state index in [9.17, 15) is 9.90 Å². The summed E-state index contributed by atoms with van der Waals surface area (Å²) in [6.45, 7) is 1.09. The number of hydrogen-bond donors (Lipinski definition) is 1. The lowest BCUT2D eigenvalue weighted by molar-refractivity contribution is 0.00345. The number of benzene rings is 1. The highest BCUT2D eigenvalue weighted by Crippen LogP contribution is 2.21. The number of rotatable bonds is 1. The van der Waals surface area contributed by atoms with E-state index in [-0.39, 0.29) is 18.2 Å². The Kier molecular flexibility index (Phi) is 4.04. The van der Waals surface area contributed by atoms with Crippen molar-refractivity contribution < 1.29 is 14.6 Å². The zero-order chi connectivity index (χ0) is 13.1. The third kappa shape index (κ3) is 2.73. The van der Waals surface area contributed by atoms with Crippen molar-refractivity contribution in [2.24, 2.45) is 0 Å². The fourth-order valence-electron chi connectivity index (χ4n) is 1.74. The van der Waals surface area contributed by atoms with Gasteiger partial charge in [0.05, 0.1) is 22.8 Å². The normalized spacial score (nSPS) is 19.3. The van der Waals surface area contributed by atoms with E-state index in [1.807, 2.05) is 28.7 Å². The Morgan fingerprint density at radius 3 is 3.06 bits per heavy atom. The molecule has 0 spiro atoms. The molecule has 1 aliphatic rings. The number of carbonyl (C=O) groups is 1. The number of phenols is 1. The third-order valence-electron chi connectivity index (χ3n) is 2.69. The lowest BCUT2D eigenvalue weighted by Gasteiger charge is -2.29. The number of ether oxygens (including phenoxy) is 1. The molecule has 0 saturated carbocycles. The van der Waals surface area contributed by atoms with Crippen LogP contribution in [0.15, 0.2) is 18.2 Å². The van der Waals surface area contributed by atoms with Gasteiger partial charge in [-0.2, -0.15) is 5.26 Å². The molecule has 1 N–H and O–H groups in total. The lowest BCUT2D eigenvalue weighted by Crippen LogP contribution is -2.45. The van der Waals surface area contributed by atoms with E-state index in [4.69, 9.17) is 10.00 Å². The first-order valence-corrected chi connectivity index (χ1v) is 6.48. The highest BCUT2D eigenvalue weighted by atomic mass is 127. The van der Waals surface area contributed by atoms with Crippen molar-refractivity contribution in [3.63, 3.8) is 0 Å². The number of hydrogen-bond acceptors (Lipinski definition) is 4. The second-order valence-electron chi connectivity index (χ2n) is 3.91. The number of phenolic OH excluding ortho intramolecular Hbond substituents is 1. The zero-order valence-electron chi connectivity index (χ0n) is 9.47. The van der Waals surface area contributed by atoms with Crippen LogP contribution in [0.25, 0.3) is 0 Å². The monoisotopic (exact) mass is 358 g/mol. The van der Waals surface area contributed by atoms with Crippen LogP contribution in [0.4, 0.5) is 0 Å². The SMILES string of the molecule is N#CC1CN(C(=O)c2ccc(I)c(O)c2)CCO1. The molecular formula is C12H11IN2O3. The fourth-order valence-corrected chi connectivity index (χ4v) is 2.08. The van der Waals surface area contributed by atoms with Gasteiger partial charge in [0.2, 0.25) is 0 Å². The second kappa shape index (κ2) is 5.54. The lowest BCUT2D eigenvalue weighted by atomic mass is 10.1. The Balaban J connectivity index is 2.15. The average Bonchev–Trinajstić information content (AvgIpc) is 2.41. The van der Waals surface area contributed by atoms with Crippen molar-refractivity contribution in [2.75, 3.05) is 19.7 Å². The molecule has 1 aromatic carbocycles. The minimum Gasteiger partial charge on any atom is -0.507 e. The molecule has 1 heterocycles. The summed E-state index contributed by atoms with van der Waals surface area (Å²) < 4.78 is 5.88. The summed E-state index contributed by atoms with van der Waals surface area (Å²) >= 11 is 1.99. The van der Waals surface area contributed by atoms with E-state index < -0.39 is 6.10 Å². The predicted molar refractivity (Wildman–Crippen MR) is 72.1 cm³/mol. The molecule has 18 heavy (non-hydrogen) atoms. The summed E-state index contributed by atoms with van der Waals surface area (Å²) in [6, 6.07) is 6.79. The van der Waals surface area contributed by atoms with Crippen LogP contribution < -0.4 is 0 Å². The maximum atomic E-state index is 12.2. The zero-order valence-corrected chi connectivity index (χ0v) is 11.6. The predicted octanol–water partition coefficient (Wildman–Crippen LogP) is 1.36. The van der Waals surface area contributed by atoms with Gasteiger partial charge in [-0.05, 0) is 40.8 Å². The summed E-state index contributed by atoms with van der Waals surface area (Å²) in [7, 11) is 0. The number of carbonyl (C=O) groups excluding carboxylic acids is 1. The molecule has 0 aliphatic carbocycles. The van der Waals surface area contributed by atoms with Crippen LogP contribution in [0, 0.1) is 14.9 Å². The number of aromatic hydroxyl groups is 1. The van der Waals surface area contributed by atoms with Crippen LogP contribution in [0.5, 0.6) is 5.75 Å². The highest BCUT2D eigenvalue weighted by Gasteiger charge is 2.25. The minimum atomic E-state index is -0.569. The third-order valence-corrected chi connectivity index (χ3v) is 3.60. The smallest absolute Gasteiger partial charge is 0.254 e. The van der Waals surface area contributed by atoms with Crippen LogP contribution >= 0.6 is 22.6 Å². The molecule has 1 saturated heterocycles. The number of halogens is 1. The molecule has 1 atom stereocenters. The standard InChI is InChI=1S/C12H11IN2O3/c13-10-2-1-8(5-11(10)16)12(17)15-3-4-18-9(6-14)7-15/h1-2,5,9,16H,3-4,7H2. The molecular weight excluding hydrogens is 347 g/mol. The Bertz CT molecular complexity index is 513. The van der Waals surface area contributed by atoms with Crippen molar-refractivity contribution >= 4 is 28.5 Å². The largest absolute Gasteiger partial charge is 0.507 e. The van der Waals surface area contributed by atoms with Gasteiger partial charge in [0, 0.05) is 12.1 Å². The maximum Gasteiger partial charge on any atom is 0.254 e. The van der Waals surface area contributed by atoms with Crippen molar-refractivity contribution in [3.05, 3.63) is 27.3 Å². The summed E-state index contributed by atoms with van der Waals surface area (Å²) in [4.78, 5) is 13.7. The second-order valence-corrected chi connectivity index (χ2v) is 5.07. The molecule has 0 bridgehead atoms. The van der Waals surface area contributed by atoms with Crippen LogP contribution in [0.3, 0.4) is 0 Å². The number of amides is 1. The summed E-state index contributed by atoms with van der Waals surface area (Å²) in [5.74, 6) is -0.100. The number of nitriles is 1. The van der Waals surface area contributed by atoms with Gasteiger partial charge in [-0.15, -0.1) is 0 Å². The molecule has 6 heteroatoms. The molecule has 2 rings (SSSR count). The first-order valence-electron chi connectivity index (χ1n) is 5.41. The molecule has 1 aromatic rings. The van der Waals surface area contributed by atoms with Crippen molar-refractivity contribution in [1.29, 1.82) is 5.26 Å². The van der Waals surface area contributed by atoms with Crippen molar-refractivity contribution in [2.45, 2.75) is 6.10 Å². The summed E-state index contributed by atoms with van der Waals surface area (Å²) in [5.41, 5.74) is 0.423. The molecule has 0 aromatic heterocycles. The van der Waals surface area contributed by atoms with E-state index in [0.29, 0.717) is 22.3 Å². The van der Waals surface area contributed by atoms with Crippen LogP contribution in [0.2, 0.25) is 0 Å². The number of nitrogens with zero attached hydrogens (tertiary/aromatic N) is 2. The van der Waals surface area contributed by atoms with Gasteiger partial charge in [0.1, 0.15) is 5.75 Å². The molecule has 0 radical (unpaired) electrons. The topological polar surface area (TPSA) is 73.6 Å². The molecule has 1 amide bonds. The van der Waals surface area contributed by atoms with E-state index >= 15 is 0 Å². The Morgan fingerprint density at radius 1 is 1.61 bits per heavy atom. The summed E-state index contributed by atoms with van der Waals surface area (Å²) in [5, 5.41) is 18.4. The minimum absolute atomic E-state index is 0.0894. The van der Waals surface area contributed by atoms with Crippen molar-refractivity contribution in [3.8, 4) is 11.8 Å². The van der Waals surface area contributed by atoms with Gasteiger partial charge in [-0.1, -0.05) is 0 Å². The van der Waals surface area contributed by atoms with Gasteiger partial charge in [0.25, 0.3) is 5.91 Å². The molecule has 1 aliphatic heterocycles. The van der Waals surface area contributed by atoms with Gasteiger partial charge in [0.15, 0.2) is 6.10 Å². The van der Waals surface area contributed by atoms with E-state index in [0.717, 1.165) is 0 Å². The van der Waals surface area contributed by atoms with Gasteiger partial charge in [-0.25, -0.2) is 0 Å². The molecule has 94 valence electrons.